The van der Waals surface area contributed by atoms with Crippen LogP contribution in [-0.2, 0) is 14.4 Å². The Morgan fingerprint density at radius 2 is 1.68 bits per heavy atom. The number of carboxylic acid groups (broad SMARTS) is 1. The average Bonchev–Trinajstić information content (AvgIpc) is 2.31. The van der Waals surface area contributed by atoms with Gasteiger partial charge in [-0.2, -0.15) is 0 Å². The fourth-order valence-electron chi connectivity index (χ4n) is 3.38. The van der Waals surface area contributed by atoms with E-state index in [1.54, 1.807) is 18.7 Å². The standard InChI is InChI=1S/C14H25N3O4S/c1-7(10(16)20)17(11(21)8(15)6-9(18)19)12-13(2,3)22-14(12,4)5/h7-8,12H,6,15H2,1-5H3,(H2,16,20)(H,18,19). The Balaban J connectivity index is 3.17. The number of nitrogens with two attached hydrogens (primary N) is 2. The summed E-state index contributed by atoms with van der Waals surface area (Å²) in [5, 5.41) is 8.83. The number of carbonyl (C=O) groups is 3. The third kappa shape index (κ3) is 3.55. The summed E-state index contributed by atoms with van der Waals surface area (Å²) in [6.07, 6.45) is -0.485. The van der Waals surface area contributed by atoms with Gasteiger partial charge in [-0.1, -0.05) is 0 Å². The van der Waals surface area contributed by atoms with Crippen molar-refractivity contribution in [1.29, 1.82) is 0 Å². The first kappa shape index (κ1) is 18.8. The van der Waals surface area contributed by atoms with E-state index in [9.17, 15) is 14.4 Å². The lowest BCUT2D eigenvalue weighted by Crippen LogP contribution is -2.72. The molecular formula is C14H25N3O4S. The largest absolute Gasteiger partial charge is 0.481 e. The zero-order valence-corrected chi connectivity index (χ0v) is 14.4. The Hall–Kier alpha value is -1.28. The maximum atomic E-state index is 12.7. The number of hydrogen-bond donors (Lipinski definition) is 3. The Morgan fingerprint density at radius 3 is 2.00 bits per heavy atom. The number of rotatable bonds is 6. The normalized spacial score (nSPS) is 22.3. The molecule has 22 heavy (non-hydrogen) atoms. The molecule has 1 fully saturated rings. The van der Waals surface area contributed by atoms with Gasteiger partial charge in [-0.3, -0.25) is 14.4 Å². The van der Waals surface area contributed by atoms with Gasteiger partial charge in [0.25, 0.3) is 0 Å². The molecule has 7 nitrogen and oxygen atoms in total. The molecule has 1 heterocycles. The van der Waals surface area contributed by atoms with Gasteiger partial charge in [-0.25, -0.2) is 0 Å². The van der Waals surface area contributed by atoms with Crippen LogP contribution in [0.4, 0.5) is 0 Å². The predicted octanol–water partition coefficient (Wildman–Crippen LogP) is 0.163. The summed E-state index contributed by atoms with van der Waals surface area (Å²) in [6, 6.07) is -2.31. The summed E-state index contributed by atoms with van der Waals surface area (Å²) in [6.45, 7) is 9.45. The molecular weight excluding hydrogens is 306 g/mol. The molecule has 1 saturated heterocycles. The predicted molar refractivity (Wildman–Crippen MR) is 85.3 cm³/mol. The quantitative estimate of drug-likeness (QED) is 0.636. The highest BCUT2D eigenvalue weighted by molar-refractivity contribution is 8.03. The van der Waals surface area contributed by atoms with E-state index >= 15 is 0 Å². The highest BCUT2D eigenvalue weighted by Crippen LogP contribution is 2.57. The van der Waals surface area contributed by atoms with Crippen LogP contribution in [0.5, 0.6) is 0 Å². The van der Waals surface area contributed by atoms with E-state index < -0.39 is 36.3 Å². The molecule has 2 amide bonds. The van der Waals surface area contributed by atoms with Crippen molar-refractivity contribution >= 4 is 29.5 Å². The molecule has 1 aliphatic heterocycles. The molecule has 2 atom stereocenters. The van der Waals surface area contributed by atoms with Crippen LogP contribution in [0.25, 0.3) is 0 Å². The van der Waals surface area contributed by atoms with Crippen LogP contribution >= 0.6 is 11.8 Å². The van der Waals surface area contributed by atoms with Gasteiger partial charge >= 0.3 is 5.97 Å². The number of nitrogens with zero attached hydrogens (tertiary/aromatic N) is 1. The molecule has 0 aromatic rings. The molecule has 1 rings (SSSR count). The number of aliphatic carboxylic acids is 1. The van der Waals surface area contributed by atoms with Crippen LogP contribution in [0.3, 0.4) is 0 Å². The third-order valence-electron chi connectivity index (χ3n) is 3.92. The van der Waals surface area contributed by atoms with Crippen molar-refractivity contribution in [3.8, 4) is 0 Å². The highest BCUT2D eigenvalue weighted by atomic mass is 32.2. The zero-order chi connectivity index (χ0) is 17.5. The van der Waals surface area contributed by atoms with E-state index in [4.69, 9.17) is 16.6 Å². The number of carbonyl (C=O) groups excluding carboxylic acids is 2. The zero-order valence-electron chi connectivity index (χ0n) is 13.6. The topological polar surface area (TPSA) is 127 Å². The molecule has 0 bridgehead atoms. The number of amides is 2. The molecule has 0 aromatic carbocycles. The van der Waals surface area contributed by atoms with E-state index in [1.807, 2.05) is 27.7 Å². The van der Waals surface area contributed by atoms with Crippen molar-refractivity contribution in [2.75, 3.05) is 0 Å². The second-order valence-corrected chi connectivity index (χ2v) is 9.05. The summed E-state index contributed by atoms with van der Waals surface area (Å²) in [4.78, 5) is 36.5. The number of hydrogen-bond acceptors (Lipinski definition) is 5. The minimum Gasteiger partial charge on any atom is -0.481 e. The summed E-state index contributed by atoms with van der Waals surface area (Å²) < 4.78 is -0.544. The maximum Gasteiger partial charge on any atom is 0.305 e. The van der Waals surface area contributed by atoms with Crippen LogP contribution in [0.15, 0.2) is 0 Å². The minimum absolute atomic E-state index is 0.264. The maximum absolute atomic E-state index is 12.7. The molecule has 5 N–H and O–H groups in total. The van der Waals surface area contributed by atoms with Gasteiger partial charge in [0, 0.05) is 9.49 Å². The average molecular weight is 331 g/mol. The first-order valence-electron chi connectivity index (χ1n) is 7.10. The van der Waals surface area contributed by atoms with Crippen molar-refractivity contribution in [1.82, 2.24) is 4.90 Å². The first-order valence-corrected chi connectivity index (χ1v) is 7.92. The van der Waals surface area contributed by atoms with Crippen molar-refractivity contribution < 1.29 is 19.5 Å². The van der Waals surface area contributed by atoms with Crippen molar-refractivity contribution in [3.63, 3.8) is 0 Å². The van der Waals surface area contributed by atoms with E-state index in [0.29, 0.717) is 0 Å². The third-order valence-corrected chi connectivity index (χ3v) is 5.42. The summed E-state index contributed by atoms with van der Waals surface area (Å²) in [5.74, 6) is -2.35. The molecule has 8 heteroatoms. The number of carboxylic acids is 1. The van der Waals surface area contributed by atoms with Crippen LogP contribution in [0.1, 0.15) is 41.0 Å². The van der Waals surface area contributed by atoms with E-state index in [0.717, 1.165) is 0 Å². The van der Waals surface area contributed by atoms with Crippen LogP contribution in [0, 0.1) is 0 Å². The Kier molecular flexibility index (Phi) is 5.18. The molecule has 0 radical (unpaired) electrons. The lowest BCUT2D eigenvalue weighted by Gasteiger charge is -2.61. The van der Waals surface area contributed by atoms with Crippen LogP contribution in [0.2, 0.25) is 0 Å². The fourth-order valence-corrected chi connectivity index (χ4v) is 5.59. The van der Waals surface area contributed by atoms with Gasteiger partial charge in [-0.05, 0) is 34.6 Å². The lowest BCUT2D eigenvalue weighted by atomic mass is 9.86. The Morgan fingerprint density at radius 1 is 1.23 bits per heavy atom. The van der Waals surface area contributed by atoms with E-state index in [2.05, 4.69) is 0 Å². The second kappa shape index (κ2) is 6.08. The SMILES string of the molecule is CC(C(N)=O)N(C(=O)C(N)CC(=O)O)C1C(C)(C)SC1(C)C. The highest BCUT2D eigenvalue weighted by Gasteiger charge is 2.59. The Labute approximate surface area is 134 Å². The molecule has 2 unspecified atom stereocenters. The smallest absolute Gasteiger partial charge is 0.305 e. The Bertz CT molecular complexity index is 478. The fraction of sp³-hybridized carbons (Fsp3) is 0.786. The number of thioether (sulfide) groups is 1. The van der Waals surface area contributed by atoms with Crippen molar-refractivity contribution in [3.05, 3.63) is 0 Å². The van der Waals surface area contributed by atoms with Crippen LogP contribution < -0.4 is 11.5 Å². The molecule has 0 spiro atoms. The van der Waals surface area contributed by atoms with Gasteiger partial charge in [0.15, 0.2) is 0 Å². The van der Waals surface area contributed by atoms with Crippen molar-refractivity contribution in [2.24, 2.45) is 11.5 Å². The molecule has 0 aliphatic carbocycles. The summed E-state index contributed by atoms with van der Waals surface area (Å²) in [7, 11) is 0. The van der Waals surface area contributed by atoms with Gasteiger partial charge < -0.3 is 21.5 Å². The molecule has 0 saturated carbocycles. The molecule has 126 valence electrons. The molecule has 0 aromatic heterocycles. The lowest BCUT2D eigenvalue weighted by molar-refractivity contribution is -0.147. The monoisotopic (exact) mass is 331 g/mol. The second-order valence-electron chi connectivity index (χ2n) is 6.74. The van der Waals surface area contributed by atoms with Crippen molar-refractivity contribution in [2.45, 2.75) is 68.7 Å². The number of primary amides is 1. The molecule has 1 aliphatic rings. The summed E-state index contributed by atoms with van der Waals surface area (Å²) >= 11 is 1.69. The summed E-state index contributed by atoms with van der Waals surface area (Å²) in [5.41, 5.74) is 11.1. The minimum atomic E-state index is -1.20. The van der Waals surface area contributed by atoms with E-state index in [-0.39, 0.29) is 15.5 Å². The van der Waals surface area contributed by atoms with Crippen LogP contribution in [-0.4, -0.2) is 55.4 Å². The van der Waals surface area contributed by atoms with Gasteiger partial charge in [0.1, 0.15) is 6.04 Å². The van der Waals surface area contributed by atoms with Gasteiger partial charge in [0.2, 0.25) is 11.8 Å². The van der Waals surface area contributed by atoms with Gasteiger partial charge in [-0.15, -0.1) is 11.8 Å². The first-order chi connectivity index (χ1) is 9.81. The van der Waals surface area contributed by atoms with Gasteiger partial charge in [0.05, 0.1) is 18.5 Å². The van der Waals surface area contributed by atoms with E-state index in [1.165, 1.54) is 4.90 Å².